The van der Waals surface area contributed by atoms with Crippen molar-refractivity contribution < 1.29 is 23.9 Å². The molecular weight excluding hydrogens is 398 g/mol. The fraction of sp³-hybridized carbons (Fsp3) is 0.200. The normalized spacial score (nSPS) is 18.4. The van der Waals surface area contributed by atoms with E-state index in [4.69, 9.17) is 11.6 Å². The Hall–Kier alpha value is -3.39. The van der Waals surface area contributed by atoms with Gasteiger partial charge in [0.05, 0.1) is 12.7 Å². The number of nitrogens with one attached hydrogen (secondary N) is 2. The number of esters is 1. The van der Waals surface area contributed by atoms with Crippen molar-refractivity contribution in [3.8, 4) is 0 Å². The van der Waals surface area contributed by atoms with Crippen molar-refractivity contribution in [2.24, 2.45) is 0 Å². The molecule has 0 aliphatic carbocycles. The van der Waals surface area contributed by atoms with Crippen LogP contribution in [-0.4, -0.2) is 42.4 Å². The number of carbonyl (C=O) groups excluding carboxylic acids is 4. The first-order chi connectivity index (χ1) is 13.8. The van der Waals surface area contributed by atoms with Gasteiger partial charge in [0.1, 0.15) is 12.1 Å². The Morgan fingerprint density at radius 3 is 2.41 bits per heavy atom. The Morgan fingerprint density at radius 2 is 1.79 bits per heavy atom. The van der Waals surface area contributed by atoms with Crippen molar-refractivity contribution in [3.05, 3.63) is 64.7 Å². The smallest absolute Gasteiger partial charge is 0.337 e. The summed E-state index contributed by atoms with van der Waals surface area (Å²) >= 11 is 6.18. The fourth-order valence-electron chi connectivity index (χ4n) is 3.04. The average molecular weight is 416 g/mol. The van der Waals surface area contributed by atoms with Crippen LogP contribution in [0.3, 0.4) is 0 Å². The number of hydrogen-bond donors (Lipinski definition) is 2. The van der Waals surface area contributed by atoms with Crippen LogP contribution >= 0.6 is 11.6 Å². The van der Waals surface area contributed by atoms with Crippen LogP contribution in [0.5, 0.6) is 0 Å². The van der Waals surface area contributed by atoms with E-state index in [9.17, 15) is 19.2 Å². The highest BCUT2D eigenvalue weighted by atomic mass is 35.5. The molecule has 1 aliphatic rings. The van der Waals surface area contributed by atoms with Crippen molar-refractivity contribution in [1.82, 2.24) is 10.2 Å². The summed E-state index contributed by atoms with van der Waals surface area (Å²) in [5.41, 5.74) is -0.183. The highest BCUT2D eigenvalue weighted by Crippen LogP contribution is 2.33. The highest BCUT2D eigenvalue weighted by molar-refractivity contribution is 6.32. The lowest BCUT2D eigenvalue weighted by Gasteiger charge is -2.23. The number of benzene rings is 2. The third kappa shape index (κ3) is 3.93. The van der Waals surface area contributed by atoms with Gasteiger partial charge in [-0.3, -0.25) is 14.5 Å². The van der Waals surface area contributed by atoms with Crippen LogP contribution in [0, 0.1) is 0 Å². The number of hydrogen-bond acceptors (Lipinski definition) is 5. The standard InChI is InChI=1S/C20H18ClN3O5/c1-20(14-5-3-4-6-15(14)21)18(27)24(19(28)23-20)11-16(25)22-13-9-7-12(8-10-13)17(26)29-2/h3-10H,11H2,1-2H3,(H,22,25)(H,23,28)/t20-/m0/s1. The molecule has 8 nitrogen and oxygen atoms in total. The van der Waals surface area contributed by atoms with Crippen LogP contribution in [0.2, 0.25) is 5.02 Å². The van der Waals surface area contributed by atoms with E-state index >= 15 is 0 Å². The first-order valence-electron chi connectivity index (χ1n) is 8.63. The quantitative estimate of drug-likeness (QED) is 0.576. The molecule has 0 unspecified atom stereocenters. The number of carbonyl (C=O) groups is 4. The lowest BCUT2D eigenvalue weighted by Crippen LogP contribution is -2.42. The summed E-state index contributed by atoms with van der Waals surface area (Å²) in [6, 6.07) is 12.0. The molecule has 29 heavy (non-hydrogen) atoms. The molecule has 150 valence electrons. The van der Waals surface area contributed by atoms with Gasteiger partial charge in [-0.2, -0.15) is 0 Å². The predicted molar refractivity (Wildman–Crippen MR) is 105 cm³/mol. The van der Waals surface area contributed by atoms with Crippen LogP contribution in [0.4, 0.5) is 10.5 Å². The average Bonchev–Trinajstić information content (AvgIpc) is 2.92. The van der Waals surface area contributed by atoms with Gasteiger partial charge in [0, 0.05) is 16.3 Å². The maximum absolute atomic E-state index is 12.9. The second-order valence-corrected chi connectivity index (χ2v) is 6.95. The van der Waals surface area contributed by atoms with Gasteiger partial charge in [-0.15, -0.1) is 0 Å². The van der Waals surface area contributed by atoms with Crippen LogP contribution in [0.1, 0.15) is 22.8 Å². The number of ether oxygens (including phenoxy) is 1. The number of imide groups is 1. The molecule has 1 fully saturated rings. The van der Waals surface area contributed by atoms with Crippen molar-refractivity contribution >= 4 is 41.1 Å². The van der Waals surface area contributed by atoms with Gasteiger partial charge in [0.15, 0.2) is 0 Å². The summed E-state index contributed by atoms with van der Waals surface area (Å²) in [7, 11) is 1.27. The predicted octanol–water partition coefficient (Wildman–Crippen LogP) is 2.53. The second kappa shape index (κ2) is 7.92. The van der Waals surface area contributed by atoms with Crippen molar-refractivity contribution in [3.63, 3.8) is 0 Å². The first kappa shape index (κ1) is 20.3. The van der Waals surface area contributed by atoms with E-state index in [0.29, 0.717) is 21.8 Å². The molecule has 3 rings (SSSR count). The topological polar surface area (TPSA) is 105 Å². The zero-order valence-electron chi connectivity index (χ0n) is 15.7. The minimum atomic E-state index is -1.36. The molecule has 0 saturated carbocycles. The summed E-state index contributed by atoms with van der Waals surface area (Å²) in [6.45, 7) is 1.07. The Kier molecular flexibility index (Phi) is 5.56. The molecule has 2 aromatic carbocycles. The third-order valence-electron chi connectivity index (χ3n) is 4.58. The summed E-state index contributed by atoms with van der Waals surface area (Å²) in [5, 5.41) is 5.52. The number of amides is 4. The zero-order chi connectivity index (χ0) is 21.2. The largest absolute Gasteiger partial charge is 0.465 e. The van der Waals surface area contributed by atoms with Crippen molar-refractivity contribution in [2.75, 3.05) is 19.0 Å². The van der Waals surface area contributed by atoms with Gasteiger partial charge in [0.25, 0.3) is 5.91 Å². The van der Waals surface area contributed by atoms with Crippen molar-refractivity contribution in [2.45, 2.75) is 12.5 Å². The molecule has 0 aromatic heterocycles. The van der Waals surface area contributed by atoms with Gasteiger partial charge in [-0.25, -0.2) is 9.59 Å². The van der Waals surface area contributed by atoms with E-state index in [2.05, 4.69) is 15.4 Å². The van der Waals surface area contributed by atoms with Crippen LogP contribution < -0.4 is 10.6 Å². The number of methoxy groups -OCH3 is 1. The lowest BCUT2D eigenvalue weighted by molar-refractivity contribution is -0.133. The van der Waals surface area contributed by atoms with Crippen molar-refractivity contribution in [1.29, 1.82) is 0 Å². The third-order valence-corrected chi connectivity index (χ3v) is 4.91. The molecule has 4 amide bonds. The minimum Gasteiger partial charge on any atom is -0.465 e. The number of rotatable bonds is 5. The molecule has 0 spiro atoms. The molecule has 2 aromatic rings. The monoisotopic (exact) mass is 415 g/mol. The zero-order valence-corrected chi connectivity index (χ0v) is 16.4. The molecule has 9 heteroatoms. The Morgan fingerprint density at radius 1 is 1.14 bits per heavy atom. The van der Waals surface area contributed by atoms with Crippen LogP contribution in [-0.2, 0) is 19.9 Å². The Balaban J connectivity index is 1.71. The van der Waals surface area contributed by atoms with E-state index in [-0.39, 0.29) is 0 Å². The molecule has 1 saturated heterocycles. The molecule has 1 heterocycles. The molecule has 1 atom stereocenters. The second-order valence-electron chi connectivity index (χ2n) is 6.54. The number of halogens is 1. The lowest BCUT2D eigenvalue weighted by atomic mass is 9.92. The van der Waals surface area contributed by atoms with E-state index in [1.165, 1.54) is 38.3 Å². The van der Waals surface area contributed by atoms with E-state index < -0.39 is 35.9 Å². The van der Waals surface area contributed by atoms with E-state index in [1.807, 2.05) is 0 Å². The Labute approximate surface area is 171 Å². The van der Waals surface area contributed by atoms with Crippen LogP contribution in [0.15, 0.2) is 48.5 Å². The maximum atomic E-state index is 12.9. The summed E-state index contributed by atoms with van der Waals surface area (Å²) < 4.78 is 4.61. The number of anilines is 1. The Bertz CT molecular complexity index is 992. The molecule has 0 bridgehead atoms. The maximum Gasteiger partial charge on any atom is 0.337 e. The van der Waals surface area contributed by atoms with Gasteiger partial charge in [0.2, 0.25) is 5.91 Å². The fourth-order valence-corrected chi connectivity index (χ4v) is 3.37. The van der Waals surface area contributed by atoms with Gasteiger partial charge in [-0.1, -0.05) is 29.8 Å². The highest BCUT2D eigenvalue weighted by Gasteiger charge is 2.50. The van der Waals surface area contributed by atoms with E-state index in [0.717, 1.165) is 4.90 Å². The van der Waals surface area contributed by atoms with Gasteiger partial charge in [-0.05, 0) is 37.3 Å². The van der Waals surface area contributed by atoms with Gasteiger partial charge < -0.3 is 15.4 Å². The SMILES string of the molecule is COC(=O)c1ccc(NC(=O)CN2C(=O)N[C@@](C)(c3ccccc3Cl)C2=O)cc1. The molecular formula is C20H18ClN3O5. The molecule has 1 aliphatic heterocycles. The summed E-state index contributed by atoms with van der Waals surface area (Å²) in [6.07, 6.45) is 0. The van der Waals surface area contributed by atoms with E-state index in [1.54, 1.807) is 24.3 Å². The molecule has 2 N–H and O–H groups in total. The van der Waals surface area contributed by atoms with Crippen LogP contribution in [0.25, 0.3) is 0 Å². The summed E-state index contributed by atoms with van der Waals surface area (Å²) in [4.78, 5) is 49.9. The number of urea groups is 1. The minimum absolute atomic E-state index is 0.329. The van der Waals surface area contributed by atoms with Gasteiger partial charge >= 0.3 is 12.0 Å². The number of nitrogens with zero attached hydrogens (tertiary/aromatic N) is 1. The molecule has 0 radical (unpaired) electrons. The summed E-state index contributed by atoms with van der Waals surface area (Å²) in [5.74, 6) is -1.64. The first-order valence-corrected chi connectivity index (χ1v) is 9.01.